The van der Waals surface area contributed by atoms with E-state index >= 15 is 0 Å². The van der Waals surface area contributed by atoms with Crippen molar-refractivity contribution in [1.82, 2.24) is 0 Å². The Hall–Kier alpha value is -2.61. The molecule has 2 aromatic carbocycles. The second-order valence-electron chi connectivity index (χ2n) is 5.76. The van der Waals surface area contributed by atoms with E-state index in [2.05, 4.69) is 50.5 Å². The molecule has 0 radical (unpaired) electrons. The number of hydrogen-bond acceptors (Lipinski definition) is 2. The van der Waals surface area contributed by atoms with Gasteiger partial charge >= 0.3 is 0 Å². The molecular formula is C24H33NO. The Morgan fingerprint density at radius 3 is 2.31 bits per heavy atom. The number of unbranched alkanes of at least 4 members (excludes halogenated alkanes) is 1. The predicted molar refractivity (Wildman–Crippen MR) is 116 cm³/mol. The Kier molecular flexibility index (Phi) is 14.3. The molecule has 140 valence electrons. The van der Waals surface area contributed by atoms with Gasteiger partial charge in [0.15, 0.2) is 0 Å². The van der Waals surface area contributed by atoms with Gasteiger partial charge in [-0.1, -0.05) is 68.3 Å². The molecule has 2 nitrogen and oxygen atoms in total. The first-order valence-corrected chi connectivity index (χ1v) is 9.09. The van der Waals surface area contributed by atoms with Gasteiger partial charge in [0.25, 0.3) is 0 Å². The summed E-state index contributed by atoms with van der Waals surface area (Å²) < 4.78 is 0. The number of nitrogens with zero attached hydrogens (tertiary/aromatic N) is 1. The van der Waals surface area contributed by atoms with Crippen molar-refractivity contribution in [2.24, 2.45) is 4.99 Å². The van der Waals surface area contributed by atoms with Crippen molar-refractivity contribution < 1.29 is 5.11 Å². The molecule has 2 aromatic rings. The van der Waals surface area contributed by atoms with E-state index in [1.807, 2.05) is 42.5 Å². The van der Waals surface area contributed by atoms with Crippen molar-refractivity contribution in [3.63, 3.8) is 0 Å². The highest BCUT2D eigenvalue weighted by molar-refractivity contribution is 5.31. The van der Waals surface area contributed by atoms with Crippen LogP contribution in [0.15, 0.2) is 85.4 Å². The first kappa shape index (κ1) is 23.4. The third-order valence-corrected chi connectivity index (χ3v) is 3.85. The molecule has 1 unspecified atom stereocenters. The van der Waals surface area contributed by atoms with E-state index in [1.54, 1.807) is 6.07 Å². The topological polar surface area (TPSA) is 32.6 Å². The Morgan fingerprint density at radius 2 is 1.77 bits per heavy atom. The van der Waals surface area contributed by atoms with Crippen LogP contribution < -0.4 is 0 Å². The van der Waals surface area contributed by atoms with E-state index in [9.17, 15) is 5.11 Å². The number of phenols is 1. The standard InChI is InChI=1S/C13H18O.C9H11N.C2H4/c1-3-5-7-11(4-2)12-8-6-9-13(14)10-12;1-10-8-7-9-5-3-2-4-6-9;1-2/h4,6,8-11,14H,2-3,5,7H2,1H3;2-6H,1,7-8H2;1-2H2. The molecule has 2 heteroatoms. The van der Waals surface area contributed by atoms with Crippen LogP contribution in [0.5, 0.6) is 5.75 Å². The molecule has 1 atom stereocenters. The van der Waals surface area contributed by atoms with E-state index < -0.39 is 0 Å². The monoisotopic (exact) mass is 351 g/mol. The maximum Gasteiger partial charge on any atom is 0.115 e. The molecule has 0 aliphatic heterocycles. The minimum atomic E-state index is 0.339. The molecule has 0 saturated heterocycles. The summed E-state index contributed by atoms with van der Waals surface area (Å²) in [5.74, 6) is 0.716. The highest BCUT2D eigenvalue weighted by Crippen LogP contribution is 2.25. The highest BCUT2D eigenvalue weighted by Gasteiger charge is 2.06. The zero-order valence-corrected chi connectivity index (χ0v) is 16.1. The second-order valence-corrected chi connectivity index (χ2v) is 5.76. The number of rotatable bonds is 8. The van der Waals surface area contributed by atoms with Crippen molar-refractivity contribution in [2.75, 3.05) is 6.54 Å². The first-order valence-electron chi connectivity index (χ1n) is 9.09. The molecule has 0 aliphatic carbocycles. The first-order chi connectivity index (χ1) is 12.7. The van der Waals surface area contributed by atoms with Crippen LogP contribution in [0, 0.1) is 0 Å². The second kappa shape index (κ2) is 15.9. The summed E-state index contributed by atoms with van der Waals surface area (Å²) in [7, 11) is 0. The zero-order valence-electron chi connectivity index (χ0n) is 16.1. The fourth-order valence-electron chi connectivity index (χ4n) is 2.45. The van der Waals surface area contributed by atoms with Crippen molar-refractivity contribution in [2.45, 2.75) is 38.5 Å². The summed E-state index contributed by atoms with van der Waals surface area (Å²) in [6, 6.07) is 17.7. The van der Waals surface area contributed by atoms with E-state index in [-0.39, 0.29) is 0 Å². The third-order valence-electron chi connectivity index (χ3n) is 3.85. The van der Waals surface area contributed by atoms with Crippen molar-refractivity contribution in [3.8, 4) is 5.75 Å². The molecule has 0 bridgehead atoms. The summed E-state index contributed by atoms with van der Waals surface area (Å²) >= 11 is 0. The minimum absolute atomic E-state index is 0.339. The van der Waals surface area contributed by atoms with Crippen LogP contribution in [0.4, 0.5) is 0 Å². The largest absolute Gasteiger partial charge is 0.508 e. The summed E-state index contributed by atoms with van der Waals surface area (Å²) in [4.78, 5) is 3.78. The molecule has 0 aromatic heterocycles. The molecule has 0 saturated carbocycles. The lowest BCUT2D eigenvalue weighted by molar-refractivity contribution is 0.474. The number of benzene rings is 2. The van der Waals surface area contributed by atoms with E-state index in [0.29, 0.717) is 11.7 Å². The van der Waals surface area contributed by atoms with Crippen LogP contribution in [-0.2, 0) is 6.42 Å². The van der Waals surface area contributed by atoms with Gasteiger partial charge in [-0.25, -0.2) is 0 Å². The van der Waals surface area contributed by atoms with E-state index in [0.717, 1.165) is 24.9 Å². The fourth-order valence-corrected chi connectivity index (χ4v) is 2.45. The van der Waals surface area contributed by atoms with Gasteiger partial charge in [-0.3, -0.25) is 0 Å². The van der Waals surface area contributed by atoms with Gasteiger partial charge in [-0.05, 0) is 42.8 Å². The van der Waals surface area contributed by atoms with Crippen LogP contribution in [0.2, 0.25) is 0 Å². The average Bonchev–Trinajstić information content (AvgIpc) is 2.70. The van der Waals surface area contributed by atoms with Gasteiger partial charge in [0.05, 0.1) is 0 Å². The molecule has 26 heavy (non-hydrogen) atoms. The van der Waals surface area contributed by atoms with E-state index in [1.165, 1.54) is 18.4 Å². The van der Waals surface area contributed by atoms with E-state index in [4.69, 9.17) is 0 Å². The molecule has 0 aliphatic rings. The molecule has 0 heterocycles. The smallest absolute Gasteiger partial charge is 0.115 e. The number of phenolic OH excluding ortho intramolecular Hbond substituents is 1. The molecular weight excluding hydrogens is 318 g/mol. The Bertz CT molecular complexity index is 607. The van der Waals surface area contributed by atoms with Gasteiger partial charge in [-0.2, -0.15) is 0 Å². The number of hydrogen-bond donors (Lipinski definition) is 1. The SMILES string of the molecule is C=C.C=CC(CCCC)c1cccc(O)c1.C=NCCc1ccccc1. The lowest BCUT2D eigenvalue weighted by Gasteiger charge is -2.12. The number of allylic oxidation sites excluding steroid dienone is 1. The maximum absolute atomic E-state index is 9.35. The lowest BCUT2D eigenvalue weighted by atomic mass is 9.94. The molecule has 0 amide bonds. The van der Waals surface area contributed by atoms with Gasteiger partial charge in [-0.15, -0.1) is 19.7 Å². The van der Waals surface area contributed by atoms with Gasteiger partial charge < -0.3 is 10.1 Å². The van der Waals surface area contributed by atoms with Crippen LogP contribution in [0.25, 0.3) is 0 Å². The van der Waals surface area contributed by atoms with Crippen molar-refractivity contribution in [3.05, 3.63) is 91.5 Å². The predicted octanol–water partition coefficient (Wildman–Crippen LogP) is 6.58. The van der Waals surface area contributed by atoms with Crippen LogP contribution in [-0.4, -0.2) is 18.4 Å². The fraction of sp³-hybridized carbons (Fsp3) is 0.292. The number of aromatic hydroxyl groups is 1. The maximum atomic E-state index is 9.35. The van der Waals surface area contributed by atoms with Crippen molar-refractivity contribution in [1.29, 1.82) is 0 Å². The highest BCUT2D eigenvalue weighted by atomic mass is 16.3. The number of aliphatic imine (C=N–C) groups is 1. The van der Waals surface area contributed by atoms with Gasteiger partial charge in [0, 0.05) is 12.5 Å². The third kappa shape index (κ3) is 10.3. The van der Waals surface area contributed by atoms with Crippen LogP contribution in [0.3, 0.4) is 0 Å². The minimum Gasteiger partial charge on any atom is -0.508 e. The molecule has 0 fully saturated rings. The summed E-state index contributed by atoms with van der Waals surface area (Å²) in [5, 5.41) is 9.35. The van der Waals surface area contributed by atoms with Crippen LogP contribution in [0.1, 0.15) is 43.2 Å². The molecule has 0 spiro atoms. The average molecular weight is 352 g/mol. The quantitative estimate of drug-likeness (QED) is 0.422. The molecule has 1 N–H and O–H groups in total. The lowest BCUT2D eigenvalue weighted by Crippen LogP contribution is -1.94. The summed E-state index contributed by atoms with van der Waals surface area (Å²) in [6.07, 6.45) is 6.48. The van der Waals surface area contributed by atoms with Crippen molar-refractivity contribution >= 4 is 6.72 Å². The van der Waals surface area contributed by atoms with Crippen LogP contribution >= 0.6 is 0 Å². The Balaban J connectivity index is 0.000000458. The Morgan fingerprint density at radius 1 is 1.08 bits per heavy atom. The zero-order chi connectivity index (χ0) is 19.6. The van der Waals surface area contributed by atoms with Gasteiger partial charge in [0.2, 0.25) is 0 Å². The summed E-state index contributed by atoms with van der Waals surface area (Å²) in [5.41, 5.74) is 2.49. The normalized spacial score (nSPS) is 10.3. The van der Waals surface area contributed by atoms with Gasteiger partial charge in [0.1, 0.15) is 5.75 Å². The Labute approximate surface area is 159 Å². The molecule has 2 rings (SSSR count). The summed E-state index contributed by atoms with van der Waals surface area (Å²) in [6.45, 7) is 16.3.